The number of rotatable bonds is 11. The Morgan fingerprint density at radius 2 is 1.26 bits per heavy atom. The molecule has 5 heterocycles. The number of carbonyl (C=O) groups excluding carboxylic acids is 1. The molecule has 3 aromatic rings. The highest BCUT2D eigenvalue weighted by Gasteiger charge is 2.23. The van der Waals surface area contributed by atoms with Gasteiger partial charge in [-0.1, -0.05) is 25.3 Å². The maximum Gasteiger partial charge on any atom is 0.303 e. The molecule has 47 heavy (non-hydrogen) atoms. The van der Waals surface area contributed by atoms with Crippen molar-refractivity contribution in [1.82, 2.24) is 30.2 Å². The van der Waals surface area contributed by atoms with Crippen LogP contribution in [0.5, 0.6) is 0 Å². The number of aromatic amines is 2. The van der Waals surface area contributed by atoms with Gasteiger partial charge in [0.15, 0.2) is 0 Å². The van der Waals surface area contributed by atoms with Crippen molar-refractivity contribution in [2.24, 2.45) is 0 Å². The van der Waals surface area contributed by atoms with Crippen LogP contribution in [0, 0.1) is 13.8 Å². The lowest BCUT2D eigenvalue weighted by molar-refractivity contribution is -0.136. The molecule has 0 aromatic carbocycles. The SMILES string of the molecule is C=Cc1c(C)c2cc3[nH]c(cc4nc(cc5nc(cc1[nH]2)C(C)=C5CCC(=O)NCCN(C)C)C(CCC(=O)O)=C4C)c(C)c3C=C. The number of nitrogens with one attached hydrogen (secondary N) is 3. The summed E-state index contributed by atoms with van der Waals surface area (Å²) in [4.78, 5) is 43.8. The summed E-state index contributed by atoms with van der Waals surface area (Å²) in [6.45, 7) is 17.7. The third kappa shape index (κ3) is 6.90. The van der Waals surface area contributed by atoms with Crippen LogP contribution >= 0.6 is 0 Å². The van der Waals surface area contributed by atoms with E-state index in [4.69, 9.17) is 9.97 Å². The largest absolute Gasteiger partial charge is 0.481 e. The molecule has 9 nitrogen and oxygen atoms in total. The number of allylic oxidation sites excluding steroid dienone is 4. The van der Waals surface area contributed by atoms with E-state index in [9.17, 15) is 14.7 Å². The maximum absolute atomic E-state index is 12.8. The number of hydrogen-bond donors (Lipinski definition) is 4. The Morgan fingerprint density at radius 3 is 1.77 bits per heavy atom. The Balaban J connectivity index is 1.78. The van der Waals surface area contributed by atoms with Gasteiger partial charge in [-0.25, -0.2) is 9.97 Å². The molecule has 2 aliphatic heterocycles. The van der Waals surface area contributed by atoms with Crippen LogP contribution in [-0.2, 0) is 9.59 Å². The number of H-pyrrole nitrogens is 2. The average molecular weight is 633 g/mol. The van der Waals surface area contributed by atoms with Crippen LogP contribution in [0.1, 0.15) is 84.6 Å². The lowest BCUT2D eigenvalue weighted by Gasteiger charge is -2.11. The quantitative estimate of drug-likeness (QED) is 0.174. The number of carbonyl (C=O) groups is 2. The van der Waals surface area contributed by atoms with Crippen molar-refractivity contribution in [2.75, 3.05) is 27.2 Å². The number of carboxylic acids is 1. The van der Waals surface area contributed by atoms with E-state index in [1.54, 1.807) is 0 Å². The van der Waals surface area contributed by atoms with Crippen molar-refractivity contribution in [3.63, 3.8) is 0 Å². The minimum absolute atomic E-state index is 0.0147. The predicted molar refractivity (Wildman–Crippen MR) is 193 cm³/mol. The summed E-state index contributed by atoms with van der Waals surface area (Å²) in [5.41, 5.74) is 14.5. The number of nitrogens with zero attached hydrogens (tertiary/aromatic N) is 3. The van der Waals surface area contributed by atoms with E-state index in [1.807, 2.05) is 63.2 Å². The van der Waals surface area contributed by atoms with Gasteiger partial charge >= 0.3 is 5.97 Å². The number of amides is 1. The summed E-state index contributed by atoms with van der Waals surface area (Å²) < 4.78 is 0. The van der Waals surface area contributed by atoms with Gasteiger partial charge in [0.1, 0.15) is 0 Å². The Hall–Kier alpha value is -5.02. The molecule has 0 unspecified atom stereocenters. The first-order chi connectivity index (χ1) is 22.4. The highest BCUT2D eigenvalue weighted by Crippen LogP contribution is 2.38. The van der Waals surface area contributed by atoms with Gasteiger partial charge in [-0.3, -0.25) is 9.59 Å². The van der Waals surface area contributed by atoms with E-state index < -0.39 is 5.97 Å². The van der Waals surface area contributed by atoms with Crippen molar-refractivity contribution in [3.8, 4) is 0 Å². The number of likely N-dealkylation sites (N-methyl/N-ethyl adjacent to an activating group) is 1. The second-order valence-corrected chi connectivity index (χ2v) is 12.5. The highest BCUT2D eigenvalue weighted by atomic mass is 16.4. The Bertz CT molecular complexity index is 2020. The Labute approximate surface area is 275 Å². The van der Waals surface area contributed by atoms with Crippen LogP contribution < -0.4 is 5.32 Å². The number of aryl methyl sites for hydroxylation is 2. The molecular formula is C38H44N6O3. The zero-order chi connectivity index (χ0) is 34.0. The van der Waals surface area contributed by atoms with Crippen LogP contribution in [0.4, 0.5) is 0 Å². The summed E-state index contributed by atoms with van der Waals surface area (Å²) in [5.74, 6) is -0.882. The molecule has 4 N–H and O–H groups in total. The van der Waals surface area contributed by atoms with Crippen molar-refractivity contribution < 1.29 is 14.7 Å². The molecule has 0 saturated carbocycles. The lowest BCUT2D eigenvalue weighted by Crippen LogP contribution is -2.31. The first kappa shape index (κ1) is 33.3. The zero-order valence-corrected chi connectivity index (χ0v) is 28.2. The minimum Gasteiger partial charge on any atom is -0.481 e. The van der Waals surface area contributed by atoms with E-state index in [2.05, 4.69) is 48.4 Å². The highest BCUT2D eigenvalue weighted by molar-refractivity contribution is 5.97. The smallest absolute Gasteiger partial charge is 0.303 e. The van der Waals surface area contributed by atoms with Crippen LogP contribution in [0.2, 0.25) is 0 Å². The van der Waals surface area contributed by atoms with Gasteiger partial charge in [-0.2, -0.15) is 0 Å². The molecule has 0 spiro atoms. The van der Waals surface area contributed by atoms with Crippen LogP contribution in [0.25, 0.3) is 56.5 Å². The van der Waals surface area contributed by atoms with Crippen LogP contribution in [0.3, 0.4) is 0 Å². The van der Waals surface area contributed by atoms with Crippen molar-refractivity contribution in [2.45, 2.75) is 53.4 Å². The summed E-state index contributed by atoms with van der Waals surface area (Å²) >= 11 is 0. The molecule has 9 heteroatoms. The molecule has 0 radical (unpaired) electrons. The van der Waals surface area contributed by atoms with E-state index in [0.29, 0.717) is 31.5 Å². The van der Waals surface area contributed by atoms with Crippen LogP contribution in [-0.4, -0.2) is 69.0 Å². The first-order valence-electron chi connectivity index (χ1n) is 16.0. The number of hydrogen-bond acceptors (Lipinski definition) is 5. The van der Waals surface area contributed by atoms with Gasteiger partial charge in [0.2, 0.25) is 5.91 Å². The van der Waals surface area contributed by atoms with Gasteiger partial charge in [-0.15, -0.1) is 0 Å². The molecule has 3 aromatic heterocycles. The molecule has 0 aliphatic carbocycles. The first-order valence-corrected chi connectivity index (χ1v) is 16.0. The Kier molecular flexibility index (Phi) is 9.77. The summed E-state index contributed by atoms with van der Waals surface area (Å²) in [5, 5.41) is 12.6. The third-order valence-electron chi connectivity index (χ3n) is 9.11. The molecule has 0 atom stereocenters. The number of aliphatic carboxylic acids is 1. The summed E-state index contributed by atoms with van der Waals surface area (Å²) in [6, 6.07) is 8.10. The number of fused-ring (bicyclic) bond motifs is 8. The van der Waals surface area contributed by atoms with E-state index in [1.165, 1.54) is 0 Å². The average Bonchev–Trinajstić information content (AvgIpc) is 3.67. The standard InChI is InChI=1S/C38H44N6O3/c1-9-25-21(3)29-17-30-24(6)28(12-14-38(46)47)36(42-30)20-35-27(11-13-37(45)39-15-16-44(7)8)23(5)32(43-35)19-34-26(10-2)22(4)31(41-34)18-33(25)40-29/h9-10,17-20,40-41H,1-2,11-16H2,3-8H3,(H,39,45)(H,46,47). The normalized spacial score (nSPS) is 13.0. The van der Waals surface area contributed by atoms with E-state index in [0.717, 1.165) is 90.2 Å². The lowest BCUT2D eigenvalue weighted by atomic mass is 9.98. The van der Waals surface area contributed by atoms with E-state index >= 15 is 0 Å². The van der Waals surface area contributed by atoms with Crippen molar-refractivity contribution in [1.29, 1.82) is 0 Å². The van der Waals surface area contributed by atoms with Gasteiger partial charge in [0.05, 0.1) is 22.8 Å². The molecule has 0 fully saturated rings. The molecule has 0 saturated heterocycles. The molecule has 8 bridgehead atoms. The predicted octanol–water partition coefficient (Wildman–Crippen LogP) is 7.40. The molecule has 5 rings (SSSR count). The second-order valence-electron chi connectivity index (χ2n) is 12.5. The van der Waals surface area contributed by atoms with Crippen molar-refractivity contribution in [3.05, 3.63) is 82.5 Å². The summed E-state index contributed by atoms with van der Waals surface area (Å²) in [7, 11) is 3.95. The fraction of sp³-hybridized carbons (Fsp3) is 0.316. The van der Waals surface area contributed by atoms with Gasteiger partial charge in [0.25, 0.3) is 0 Å². The summed E-state index contributed by atoms with van der Waals surface area (Å²) in [6.07, 6.45) is 4.85. The zero-order valence-electron chi connectivity index (χ0n) is 28.2. The monoisotopic (exact) mass is 632 g/mol. The minimum atomic E-state index is -0.866. The molecule has 244 valence electrons. The molecule has 2 aliphatic rings. The van der Waals surface area contributed by atoms with Gasteiger partial charge in [-0.05, 0) is 112 Å². The van der Waals surface area contributed by atoms with Crippen LogP contribution in [0.15, 0.2) is 37.4 Å². The van der Waals surface area contributed by atoms with E-state index in [-0.39, 0.29) is 12.3 Å². The number of carboxylic acid groups (broad SMARTS) is 1. The maximum atomic E-state index is 12.8. The molecular weight excluding hydrogens is 588 g/mol. The van der Waals surface area contributed by atoms with Crippen molar-refractivity contribution >= 4 is 68.4 Å². The molecule has 1 amide bonds. The number of aromatic nitrogens is 4. The fourth-order valence-electron chi connectivity index (χ4n) is 6.28. The Morgan fingerprint density at radius 1 is 0.766 bits per heavy atom. The van der Waals surface area contributed by atoms with Gasteiger partial charge in [0, 0.05) is 59.1 Å². The van der Waals surface area contributed by atoms with Gasteiger partial charge < -0.3 is 25.3 Å². The third-order valence-corrected chi connectivity index (χ3v) is 9.11. The fourth-order valence-corrected chi connectivity index (χ4v) is 6.28. The second kappa shape index (κ2) is 13.8. The topological polar surface area (TPSA) is 127 Å².